The van der Waals surface area contributed by atoms with Gasteiger partial charge in [0.1, 0.15) is 5.60 Å². The Hall–Kier alpha value is -2.37. The van der Waals surface area contributed by atoms with E-state index in [0.29, 0.717) is 5.36 Å². The second-order valence-corrected chi connectivity index (χ2v) is 5.94. The highest BCUT2D eigenvalue weighted by atomic mass is 16.6. The van der Waals surface area contributed by atoms with E-state index in [1.165, 1.54) is 0 Å². The molecule has 1 aliphatic heterocycles. The molecule has 1 aromatic carbocycles. The predicted molar refractivity (Wildman–Crippen MR) is 76.0 cm³/mol. The van der Waals surface area contributed by atoms with Crippen molar-refractivity contribution in [3.05, 3.63) is 34.8 Å². The molecule has 112 valence electrons. The lowest BCUT2D eigenvalue weighted by atomic mass is 10.1. The number of nitrogens with zero attached hydrogens (tertiary/aromatic N) is 1. The zero-order valence-corrected chi connectivity index (χ0v) is 12.2. The Bertz CT molecular complexity index is 653. The predicted octanol–water partition coefficient (Wildman–Crippen LogP) is 0.796. The zero-order chi connectivity index (χ0) is 15.7. The number of para-hydroxylation sites is 1. The number of amides is 1. The quantitative estimate of drug-likeness (QED) is 0.861. The van der Waals surface area contributed by atoms with Crippen molar-refractivity contribution in [2.45, 2.75) is 38.5 Å². The van der Waals surface area contributed by atoms with Crippen molar-refractivity contribution in [3.63, 3.8) is 0 Å². The third-order valence-electron chi connectivity index (χ3n) is 2.79. The minimum Gasteiger partial charge on any atom is -0.481 e. The summed E-state index contributed by atoms with van der Waals surface area (Å²) < 4.78 is 5.18. The van der Waals surface area contributed by atoms with E-state index in [0.717, 1.165) is 5.22 Å². The van der Waals surface area contributed by atoms with E-state index in [2.05, 4.69) is 10.3 Å². The maximum atomic E-state index is 11.9. The van der Waals surface area contributed by atoms with Gasteiger partial charge in [0, 0.05) is 5.22 Å². The number of alkyl carbamates (subject to hydrolysis) is 1. The Morgan fingerprint density at radius 1 is 1.33 bits per heavy atom. The van der Waals surface area contributed by atoms with Gasteiger partial charge in [-0.25, -0.2) is 4.79 Å². The normalized spacial score (nSPS) is 20.0. The number of carbonyl (C=O) groups excluding carboxylic acids is 1. The Kier molecular flexibility index (Phi) is 3.72. The number of aliphatic carboxylic acids is 1. The summed E-state index contributed by atoms with van der Waals surface area (Å²) in [5.41, 5.74) is -1.97. The van der Waals surface area contributed by atoms with Crippen molar-refractivity contribution >= 4 is 18.1 Å². The molecule has 0 saturated carbocycles. The topological polar surface area (TPSA) is 88.0 Å². The van der Waals surface area contributed by atoms with Crippen molar-refractivity contribution in [3.8, 4) is 0 Å². The summed E-state index contributed by atoms with van der Waals surface area (Å²) in [6.45, 7) is 5.21. The van der Waals surface area contributed by atoms with Gasteiger partial charge in [0.2, 0.25) is 0 Å². The van der Waals surface area contributed by atoms with Crippen LogP contribution in [0.1, 0.15) is 27.2 Å². The summed E-state index contributed by atoms with van der Waals surface area (Å²) in [5, 5.41) is 13.1. The lowest BCUT2D eigenvalue weighted by Crippen LogP contribution is -2.48. The molecular formula is C15H18N2O4. The molecule has 1 unspecified atom stereocenters. The zero-order valence-electron chi connectivity index (χ0n) is 12.2. The molecule has 1 aliphatic rings. The second-order valence-electron chi connectivity index (χ2n) is 5.94. The van der Waals surface area contributed by atoms with Crippen LogP contribution < -0.4 is 15.9 Å². The average molecular weight is 290 g/mol. The molecule has 1 heterocycles. The van der Waals surface area contributed by atoms with Gasteiger partial charge in [0.15, 0.2) is 5.66 Å². The van der Waals surface area contributed by atoms with Crippen molar-refractivity contribution in [2.24, 2.45) is 4.99 Å². The van der Waals surface area contributed by atoms with Gasteiger partial charge in [-0.2, -0.15) is 0 Å². The van der Waals surface area contributed by atoms with Gasteiger partial charge >= 0.3 is 12.1 Å². The number of fused-ring (bicyclic) bond motifs is 1. The number of benzene rings is 1. The lowest BCUT2D eigenvalue weighted by Gasteiger charge is -2.27. The Labute approximate surface area is 122 Å². The first-order chi connectivity index (χ1) is 9.69. The number of carbonyl (C=O) groups is 2. The Morgan fingerprint density at radius 3 is 2.57 bits per heavy atom. The van der Waals surface area contributed by atoms with Gasteiger partial charge in [0.25, 0.3) is 0 Å². The second kappa shape index (κ2) is 5.20. The van der Waals surface area contributed by atoms with Crippen LogP contribution in [0.5, 0.6) is 0 Å². The fraction of sp³-hybridized carbons (Fsp3) is 0.400. The summed E-state index contributed by atoms with van der Waals surface area (Å²) in [7, 11) is 0. The maximum absolute atomic E-state index is 11.9. The monoisotopic (exact) mass is 290 g/mol. The van der Waals surface area contributed by atoms with Crippen molar-refractivity contribution in [1.82, 2.24) is 5.32 Å². The van der Waals surface area contributed by atoms with Crippen LogP contribution in [0.15, 0.2) is 29.3 Å². The molecule has 1 atom stereocenters. The van der Waals surface area contributed by atoms with Gasteiger partial charge in [0.05, 0.1) is 11.8 Å². The molecule has 21 heavy (non-hydrogen) atoms. The standard InChI is InChI=1S/C15H18N2O4/c1-14(2,3)21-13(20)17-15(9-12(18)19)8-10-6-4-5-7-11(10)16-15/h4-8H,9H2,1-3H3,(H,17,20)(H,18,19). The highest BCUT2D eigenvalue weighted by Crippen LogP contribution is 2.18. The molecule has 2 N–H and O–H groups in total. The number of hydrogen-bond acceptors (Lipinski definition) is 4. The highest BCUT2D eigenvalue weighted by molar-refractivity contribution is 5.76. The fourth-order valence-corrected chi connectivity index (χ4v) is 2.13. The van der Waals surface area contributed by atoms with E-state index in [4.69, 9.17) is 9.84 Å². The molecule has 6 heteroatoms. The van der Waals surface area contributed by atoms with Gasteiger partial charge < -0.3 is 9.84 Å². The minimum atomic E-state index is -1.31. The third-order valence-corrected chi connectivity index (χ3v) is 2.79. The van der Waals surface area contributed by atoms with Gasteiger partial charge in [-0.3, -0.25) is 15.1 Å². The summed E-state index contributed by atoms with van der Waals surface area (Å²) in [4.78, 5) is 27.4. The highest BCUT2D eigenvalue weighted by Gasteiger charge is 2.35. The molecule has 0 bridgehead atoms. The van der Waals surface area contributed by atoms with Crippen molar-refractivity contribution in [1.29, 1.82) is 0 Å². The van der Waals surface area contributed by atoms with E-state index < -0.39 is 23.3 Å². The number of nitrogens with one attached hydrogen (secondary N) is 1. The molecule has 2 rings (SSSR count). The van der Waals surface area contributed by atoms with Crippen molar-refractivity contribution < 1.29 is 19.4 Å². The molecule has 0 saturated heterocycles. The fourth-order valence-electron chi connectivity index (χ4n) is 2.13. The molecule has 0 fully saturated rings. The molecule has 1 aromatic rings. The SMILES string of the molecule is CC(C)(C)OC(=O)NC1(CC(=O)O)C=c2ccccc2=N1. The van der Waals surface area contributed by atoms with Crippen LogP contribution in [0.2, 0.25) is 0 Å². The van der Waals surface area contributed by atoms with E-state index in [1.54, 1.807) is 39.0 Å². The van der Waals surface area contributed by atoms with Gasteiger partial charge in [-0.05, 0) is 32.9 Å². The van der Waals surface area contributed by atoms with Gasteiger partial charge in [-0.15, -0.1) is 0 Å². The van der Waals surface area contributed by atoms with E-state index >= 15 is 0 Å². The van der Waals surface area contributed by atoms with Crippen LogP contribution in [-0.4, -0.2) is 28.4 Å². The maximum Gasteiger partial charge on any atom is 0.409 e. The van der Waals surface area contributed by atoms with Crippen LogP contribution in [0, 0.1) is 0 Å². The summed E-state index contributed by atoms with van der Waals surface area (Å²) in [5.74, 6) is -1.06. The third kappa shape index (κ3) is 3.81. The van der Waals surface area contributed by atoms with Crippen molar-refractivity contribution in [2.75, 3.05) is 0 Å². The molecule has 0 aromatic heterocycles. The van der Waals surface area contributed by atoms with Crippen LogP contribution in [0.25, 0.3) is 6.08 Å². The molecular weight excluding hydrogens is 272 g/mol. The van der Waals surface area contributed by atoms with E-state index in [-0.39, 0.29) is 6.42 Å². The first-order valence-electron chi connectivity index (χ1n) is 6.60. The summed E-state index contributed by atoms with van der Waals surface area (Å²) >= 11 is 0. The number of ether oxygens (including phenoxy) is 1. The van der Waals surface area contributed by atoms with Crippen LogP contribution in [0.4, 0.5) is 4.79 Å². The van der Waals surface area contributed by atoms with E-state index in [1.807, 2.05) is 12.1 Å². The Balaban J connectivity index is 2.31. The largest absolute Gasteiger partial charge is 0.481 e. The summed E-state index contributed by atoms with van der Waals surface area (Å²) in [6, 6.07) is 7.22. The smallest absolute Gasteiger partial charge is 0.409 e. The molecule has 0 spiro atoms. The lowest BCUT2D eigenvalue weighted by molar-refractivity contribution is -0.138. The minimum absolute atomic E-state index is 0.346. The molecule has 6 nitrogen and oxygen atoms in total. The molecule has 0 aliphatic carbocycles. The van der Waals surface area contributed by atoms with E-state index in [9.17, 15) is 9.59 Å². The van der Waals surface area contributed by atoms with Crippen LogP contribution >= 0.6 is 0 Å². The van der Waals surface area contributed by atoms with Crippen LogP contribution in [-0.2, 0) is 9.53 Å². The number of hydrogen-bond donors (Lipinski definition) is 2. The number of carboxylic acids is 1. The van der Waals surface area contributed by atoms with Gasteiger partial charge in [-0.1, -0.05) is 18.2 Å². The molecule has 0 radical (unpaired) electrons. The Morgan fingerprint density at radius 2 is 2.00 bits per heavy atom. The van der Waals surface area contributed by atoms with Crippen LogP contribution in [0.3, 0.4) is 0 Å². The first-order valence-corrected chi connectivity index (χ1v) is 6.60. The number of carboxylic acid groups (broad SMARTS) is 1. The first kappa shape index (κ1) is 15.0. The average Bonchev–Trinajstić information content (AvgIpc) is 2.61. The summed E-state index contributed by atoms with van der Waals surface area (Å²) in [6.07, 6.45) is 0.595. The number of rotatable bonds is 3. The molecule has 1 amide bonds.